The van der Waals surface area contributed by atoms with E-state index in [1.54, 1.807) is 6.07 Å². The van der Waals surface area contributed by atoms with Crippen molar-refractivity contribution in [3.05, 3.63) is 23.8 Å². The molecule has 2 N–H and O–H groups in total. The summed E-state index contributed by atoms with van der Waals surface area (Å²) in [5, 5.41) is 19.5. The molecule has 2 rings (SSSR count). The topological polar surface area (TPSA) is 43.7 Å². The number of anilines is 1. The van der Waals surface area contributed by atoms with E-state index in [1.165, 1.54) is 0 Å². The summed E-state index contributed by atoms with van der Waals surface area (Å²) in [6.07, 6.45) is 2.25. The number of benzene rings is 1. The fourth-order valence-electron chi connectivity index (χ4n) is 1.67. The maximum absolute atomic E-state index is 9.81. The van der Waals surface area contributed by atoms with Crippen molar-refractivity contribution in [3.63, 3.8) is 0 Å². The van der Waals surface area contributed by atoms with E-state index >= 15 is 0 Å². The van der Waals surface area contributed by atoms with E-state index in [1.807, 2.05) is 31.1 Å². The minimum atomic E-state index is -0.553. The first kappa shape index (κ1) is 10.3. The second kappa shape index (κ2) is 3.42. The van der Waals surface area contributed by atoms with Gasteiger partial charge in [-0.05, 0) is 36.6 Å². The molecule has 0 bridgehead atoms. The Morgan fingerprint density at radius 1 is 1.33 bits per heavy atom. The van der Waals surface area contributed by atoms with Gasteiger partial charge in [0.2, 0.25) is 0 Å². The molecule has 3 nitrogen and oxygen atoms in total. The van der Waals surface area contributed by atoms with Gasteiger partial charge in [0.1, 0.15) is 5.75 Å². The number of aliphatic hydroxyl groups is 1. The molecule has 0 spiro atoms. The monoisotopic (exact) mass is 207 g/mol. The third-order valence-electron chi connectivity index (χ3n) is 2.93. The number of rotatable bonds is 3. The van der Waals surface area contributed by atoms with Crippen LogP contribution in [0.4, 0.5) is 5.69 Å². The Balaban J connectivity index is 2.24. The largest absolute Gasteiger partial charge is 0.508 e. The van der Waals surface area contributed by atoms with Gasteiger partial charge in [-0.25, -0.2) is 0 Å². The fraction of sp³-hybridized carbons (Fsp3) is 0.500. The van der Waals surface area contributed by atoms with E-state index in [-0.39, 0.29) is 5.75 Å². The highest BCUT2D eigenvalue weighted by Crippen LogP contribution is 2.40. The second-order valence-electron chi connectivity index (χ2n) is 4.61. The second-order valence-corrected chi connectivity index (χ2v) is 4.61. The summed E-state index contributed by atoms with van der Waals surface area (Å²) in [6.45, 7) is 0. The van der Waals surface area contributed by atoms with Crippen LogP contribution < -0.4 is 4.90 Å². The van der Waals surface area contributed by atoms with Crippen molar-refractivity contribution >= 4 is 5.69 Å². The van der Waals surface area contributed by atoms with Crippen molar-refractivity contribution in [2.45, 2.75) is 24.9 Å². The van der Waals surface area contributed by atoms with Crippen molar-refractivity contribution in [3.8, 4) is 5.75 Å². The zero-order valence-corrected chi connectivity index (χ0v) is 9.20. The molecule has 82 valence electrons. The lowest BCUT2D eigenvalue weighted by Gasteiger charge is -2.16. The molecule has 0 heterocycles. The van der Waals surface area contributed by atoms with Crippen molar-refractivity contribution < 1.29 is 10.2 Å². The summed E-state index contributed by atoms with van der Waals surface area (Å²) < 4.78 is 0. The van der Waals surface area contributed by atoms with Gasteiger partial charge in [0.05, 0.1) is 5.60 Å². The lowest BCUT2D eigenvalue weighted by molar-refractivity contribution is 0.150. The highest BCUT2D eigenvalue weighted by atomic mass is 16.3. The van der Waals surface area contributed by atoms with E-state index < -0.39 is 5.60 Å². The highest BCUT2D eigenvalue weighted by molar-refractivity contribution is 5.52. The molecule has 1 aromatic rings. The Morgan fingerprint density at radius 2 is 2.00 bits per heavy atom. The Bertz CT molecular complexity index is 370. The molecule has 1 fully saturated rings. The van der Waals surface area contributed by atoms with Crippen LogP contribution in [-0.2, 0) is 6.42 Å². The van der Waals surface area contributed by atoms with Gasteiger partial charge < -0.3 is 15.1 Å². The van der Waals surface area contributed by atoms with Crippen LogP contribution in [0.25, 0.3) is 0 Å². The lowest BCUT2D eigenvalue weighted by Crippen LogP contribution is -2.13. The van der Waals surface area contributed by atoms with Crippen LogP contribution in [0, 0.1) is 0 Å². The van der Waals surface area contributed by atoms with E-state index in [2.05, 4.69) is 0 Å². The van der Waals surface area contributed by atoms with Gasteiger partial charge in [0.25, 0.3) is 0 Å². The predicted octanol–water partition coefficient (Wildman–Crippen LogP) is 1.53. The predicted molar refractivity (Wildman–Crippen MR) is 60.3 cm³/mol. The number of nitrogens with zero attached hydrogens (tertiary/aromatic N) is 1. The maximum Gasteiger partial charge on any atom is 0.119 e. The standard InChI is InChI=1S/C12H17NO2/c1-13(2)10-3-4-11(14)9(7-10)8-12(15)5-6-12/h3-4,7,14-15H,5-6,8H2,1-2H3. The minimum absolute atomic E-state index is 0.279. The average molecular weight is 207 g/mol. The molecule has 15 heavy (non-hydrogen) atoms. The smallest absolute Gasteiger partial charge is 0.119 e. The highest BCUT2D eigenvalue weighted by Gasteiger charge is 2.40. The summed E-state index contributed by atoms with van der Waals surface area (Å²) in [5.74, 6) is 0.279. The molecule has 1 aliphatic carbocycles. The van der Waals surface area contributed by atoms with Crippen molar-refractivity contribution in [2.24, 2.45) is 0 Å². The fourth-order valence-corrected chi connectivity index (χ4v) is 1.67. The zero-order valence-electron chi connectivity index (χ0n) is 9.20. The molecule has 1 saturated carbocycles. The molecule has 0 saturated heterocycles. The summed E-state index contributed by atoms with van der Waals surface area (Å²) in [7, 11) is 3.92. The Kier molecular flexibility index (Phi) is 2.35. The summed E-state index contributed by atoms with van der Waals surface area (Å²) in [4.78, 5) is 1.99. The molecule has 1 aliphatic rings. The zero-order chi connectivity index (χ0) is 11.1. The Labute approximate surface area is 90.0 Å². The molecule has 0 unspecified atom stereocenters. The van der Waals surface area contributed by atoms with Crippen LogP contribution in [-0.4, -0.2) is 29.9 Å². The first-order valence-electron chi connectivity index (χ1n) is 5.22. The van der Waals surface area contributed by atoms with E-state index in [0.717, 1.165) is 24.1 Å². The molecule has 0 atom stereocenters. The quantitative estimate of drug-likeness (QED) is 0.790. The molecule has 0 radical (unpaired) electrons. The van der Waals surface area contributed by atoms with Crippen LogP contribution in [0.1, 0.15) is 18.4 Å². The van der Waals surface area contributed by atoms with Crippen LogP contribution in [0.2, 0.25) is 0 Å². The third kappa shape index (κ3) is 2.23. The van der Waals surface area contributed by atoms with Gasteiger partial charge >= 0.3 is 0 Å². The normalized spacial score (nSPS) is 17.5. The van der Waals surface area contributed by atoms with Crippen molar-refractivity contribution in [2.75, 3.05) is 19.0 Å². The van der Waals surface area contributed by atoms with Crippen LogP contribution >= 0.6 is 0 Å². The van der Waals surface area contributed by atoms with Crippen molar-refractivity contribution in [1.29, 1.82) is 0 Å². The number of hydrogen-bond donors (Lipinski definition) is 2. The van der Waals surface area contributed by atoms with Crippen LogP contribution in [0.3, 0.4) is 0 Å². The average Bonchev–Trinajstić information content (AvgIpc) is 2.87. The van der Waals surface area contributed by atoms with E-state index in [0.29, 0.717) is 6.42 Å². The summed E-state index contributed by atoms with van der Waals surface area (Å²) in [5.41, 5.74) is 1.33. The Hall–Kier alpha value is -1.22. The molecule has 1 aromatic carbocycles. The summed E-state index contributed by atoms with van der Waals surface area (Å²) >= 11 is 0. The maximum atomic E-state index is 9.81. The number of aromatic hydroxyl groups is 1. The van der Waals surface area contributed by atoms with Gasteiger partial charge in [-0.2, -0.15) is 0 Å². The molecule has 0 aliphatic heterocycles. The lowest BCUT2D eigenvalue weighted by atomic mass is 10.0. The molecular formula is C12H17NO2. The van der Waals surface area contributed by atoms with Gasteiger partial charge in [0.15, 0.2) is 0 Å². The number of hydrogen-bond acceptors (Lipinski definition) is 3. The third-order valence-corrected chi connectivity index (χ3v) is 2.93. The molecule has 0 amide bonds. The first-order valence-corrected chi connectivity index (χ1v) is 5.22. The Morgan fingerprint density at radius 3 is 2.53 bits per heavy atom. The van der Waals surface area contributed by atoms with Crippen LogP contribution in [0.15, 0.2) is 18.2 Å². The van der Waals surface area contributed by atoms with Crippen LogP contribution in [0.5, 0.6) is 5.75 Å². The van der Waals surface area contributed by atoms with E-state index in [9.17, 15) is 10.2 Å². The SMILES string of the molecule is CN(C)c1ccc(O)c(CC2(O)CC2)c1. The van der Waals surface area contributed by atoms with Crippen molar-refractivity contribution in [1.82, 2.24) is 0 Å². The van der Waals surface area contributed by atoms with Gasteiger partial charge in [-0.3, -0.25) is 0 Å². The summed E-state index contributed by atoms with van der Waals surface area (Å²) in [6, 6.07) is 5.50. The molecular weight excluding hydrogens is 190 g/mol. The van der Waals surface area contributed by atoms with E-state index in [4.69, 9.17) is 0 Å². The molecule has 0 aromatic heterocycles. The number of phenols is 1. The number of phenolic OH excluding ortho intramolecular Hbond substituents is 1. The van der Waals surface area contributed by atoms with Gasteiger partial charge in [-0.1, -0.05) is 0 Å². The first-order chi connectivity index (χ1) is 7.00. The van der Waals surface area contributed by atoms with Gasteiger partial charge in [-0.15, -0.1) is 0 Å². The minimum Gasteiger partial charge on any atom is -0.508 e. The molecule has 3 heteroatoms. The van der Waals surface area contributed by atoms with Gasteiger partial charge in [0, 0.05) is 26.2 Å².